The number of fused-ring (bicyclic) bond motifs is 1. The number of carbonyl (C=O) groups excluding carboxylic acids is 1. The number of hydrogen-bond donors (Lipinski definition) is 1. The Bertz CT molecular complexity index is 537. The number of carbonyl (C=O) groups is 1. The average Bonchev–Trinajstić information content (AvgIpc) is 3.12. The van der Waals surface area contributed by atoms with Crippen LogP contribution in [0.25, 0.3) is 0 Å². The maximum absolute atomic E-state index is 12.3. The van der Waals surface area contributed by atoms with Crippen molar-refractivity contribution in [2.45, 2.75) is 59.2 Å². The third-order valence-electron chi connectivity index (χ3n) is 5.38. The number of piperidine rings is 1. The fourth-order valence-electron chi connectivity index (χ4n) is 3.55. The molecule has 5 heteroatoms. The summed E-state index contributed by atoms with van der Waals surface area (Å²) in [6.07, 6.45) is 3.69. The number of rotatable bonds is 6. The van der Waals surface area contributed by atoms with Gasteiger partial charge in [-0.15, -0.1) is 11.3 Å². The molecule has 1 saturated heterocycles. The van der Waals surface area contributed by atoms with E-state index in [2.05, 4.69) is 42.0 Å². The highest BCUT2D eigenvalue weighted by Crippen LogP contribution is 2.32. The number of nitrogens with zero attached hydrogens (tertiary/aromatic N) is 2. The van der Waals surface area contributed by atoms with Gasteiger partial charge in [0.05, 0.1) is 4.88 Å². The molecule has 24 heavy (non-hydrogen) atoms. The molecule has 4 nitrogen and oxygen atoms in total. The van der Waals surface area contributed by atoms with E-state index in [-0.39, 0.29) is 5.91 Å². The molecule has 1 aromatic rings. The van der Waals surface area contributed by atoms with E-state index in [9.17, 15) is 4.79 Å². The van der Waals surface area contributed by atoms with Crippen LogP contribution in [0.2, 0.25) is 0 Å². The Hall–Kier alpha value is -0.910. The molecular formula is C19H31N3OS. The van der Waals surface area contributed by atoms with Crippen molar-refractivity contribution in [3.05, 3.63) is 21.4 Å². The fourth-order valence-corrected chi connectivity index (χ4v) is 4.66. The maximum Gasteiger partial charge on any atom is 0.261 e. The Labute approximate surface area is 150 Å². The van der Waals surface area contributed by atoms with E-state index in [0.29, 0.717) is 6.04 Å². The van der Waals surface area contributed by atoms with Crippen molar-refractivity contribution in [3.63, 3.8) is 0 Å². The Morgan fingerprint density at radius 1 is 1.33 bits per heavy atom. The first-order valence-corrected chi connectivity index (χ1v) is 10.2. The van der Waals surface area contributed by atoms with Gasteiger partial charge < -0.3 is 10.2 Å². The van der Waals surface area contributed by atoms with Crippen molar-refractivity contribution in [2.24, 2.45) is 5.92 Å². The molecule has 2 aliphatic rings. The lowest BCUT2D eigenvalue weighted by Gasteiger charge is -2.30. The molecule has 0 saturated carbocycles. The molecule has 3 rings (SSSR count). The van der Waals surface area contributed by atoms with Crippen LogP contribution in [-0.2, 0) is 13.1 Å². The van der Waals surface area contributed by atoms with Gasteiger partial charge in [-0.2, -0.15) is 0 Å². The van der Waals surface area contributed by atoms with Gasteiger partial charge in [-0.05, 0) is 70.3 Å². The van der Waals surface area contributed by atoms with E-state index in [1.165, 1.54) is 36.4 Å². The van der Waals surface area contributed by atoms with E-state index in [1.807, 2.05) is 0 Å². The van der Waals surface area contributed by atoms with Crippen molar-refractivity contribution in [1.82, 2.24) is 15.1 Å². The zero-order valence-corrected chi connectivity index (χ0v) is 16.1. The quantitative estimate of drug-likeness (QED) is 0.800. The summed E-state index contributed by atoms with van der Waals surface area (Å²) in [6.45, 7) is 13.1. The second-order valence-corrected chi connectivity index (χ2v) is 8.83. The summed E-state index contributed by atoms with van der Waals surface area (Å²) in [7, 11) is 0. The number of nitrogens with one attached hydrogen (secondary N) is 1. The molecule has 0 atom stereocenters. The van der Waals surface area contributed by atoms with Crippen molar-refractivity contribution in [3.8, 4) is 0 Å². The van der Waals surface area contributed by atoms with Gasteiger partial charge in [0.25, 0.3) is 5.91 Å². The second-order valence-electron chi connectivity index (χ2n) is 7.69. The minimum atomic E-state index is 0.109. The molecule has 0 aromatic carbocycles. The first-order chi connectivity index (χ1) is 11.5. The highest BCUT2D eigenvalue weighted by molar-refractivity contribution is 7.14. The number of likely N-dealkylation sites (tertiary alicyclic amines) is 1. The average molecular weight is 350 g/mol. The minimum Gasteiger partial charge on any atom is -0.351 e. The molecule has 3 heterocycles. The minimum absolute atomic E-state index is 0.109. The monoisotopic (exact) mass is 349 g/mol. The van der Waals surface area contributed by atoms with Gasteiger partial charge in [-0.25, -0.2) is 0 Å². The van der Waals surface area contributed by atoms with Crippen LogP contribution in [0, 0.1) is 5.92 Å². The van der Waals surface area contributed by atoms with Crippen LogP contribution < -0.4 is 5.32 Å². The lowest BCUT2D eigenvalue weighted by Crippen LogP contribution is -2.35. The van der Waals surface area contributed by atoms with Crippen LogP contribution in [0.15, 0.2) is 6.07 Å². The van der Waals surface area contributed by atoms with Crippen LogP contribution in [0.5, 0.6) is 0 Å². The topological polar surface area (TPSA) is 35.6 Å². The zero-order valence-electron chi connectivity index (χ0n) is 15.3. The third-order valence-corrected chi connectivity index (χ3v) is 6.54. The summed E-state index contributed by atoms with van der Waals surface area (Å²) in [5.41, 5.74) is 1.35. The summed E-state index contributed by atoms with van der Waals surface area (Å²) in [4.78, 5) is 19.6. The molecule has 1 N–H and O–H groups in total. The summed E-state index contributed by atoms with van der Waals surface area (Å²) in [6, 6.07) is 2.67. The summed E-state index contributed by atoms with van der Waals surface area (Å²) in [5, 5.41) is 3.10. The zero-order chi connectivity index (χ0) is 17.1. The van der Waals surface area contributed by atoms with Crippen molar-refractivity contribution < 1.29 is 4.79 Å². The third kappa shape index (κ3) is 4.38. The van der Waals surface area contributed by atoms with Crippen LogP contribution in [0.3, 0.4) is 0 Å². The second kappa shape index (κ2) is 7.98. The van der Waals surface area contributed by atoms with Gasteiger partial charge in [0, 0.05) is 30.6 Å². The standard InChI is InChI=1S/C19H31N3OS/c1-14(2)22-12-16-11-17(24-18(16)13-22)19(23)20-7-4-8-21-9-5-15(3)6-10-21/h11,14-15H,4-10,12-13H2,1-3H3,(H,20,23). The molecule has 0 aliphatic carbocycles. The first kappa shape index (κ1) is 17.9. The van der Waals surface area contributed by atoms with E-state index < -0.39 is 0 Å². The Morgan fingerprint density at radius 3 is 2.75 bits per heavy atom. The molecule has 1 fully saturated rings. The first-order valence-electron chi connectivity index (χ1n) is 9.39. The smallest absolute Gasteiger partial charge is 0.261 e. The summed E-state index contributed by atoms with van der Waals surface area (Å²) < 4.78 is 0. The van der Waals surface area contributed by atoms with Gasteiger partial charge in [-0.1, -0.05) is 6.92 Å². The molecular weight excluding hydrogens is 318 g/mol. The lowest BCUT2D eigenvalue weighted by atomic mass is 9.99. The van der Waals surface area contributed by atoms with Crippen LogP contribution in [-0.4, -0.2) is 47.9 Å². The van der Waals surface area contributed by atoms with Gasteiger partial charge in [-0.3, -0.25) is 9.69 Å². The normalized spacial score (nSPS) is 19.8. The van der Waals surface area contributed by atoms with E-state index in [4.69, 9.17) is 0 Å². The molecule has 0 spiro atoms. The van der Waals surface area contributed by atoms with Crippen LogP contribution >= 0.6 is 11.3 Å². The number of hydrogen-bond acceptors (Lipinski definition) is 4. The Balaban J connectivity index is 1.38. The largest absolute Gasteiger partial charge is 0.351 e. The van der Waals surface area contributed by atoms with Crippen LogP contribution in [0.1, 0.15) is 60.1 Å². The van der Waals surface area contributed by atoms with E-state index >= 15 is 0 Å². The highest BCUT2D eigenvalue weighted by atomic mass is 32.1. The molecule has 134 valence electrons. The van der Waals surface area contributed by atoms with E-state index in [0.717, 1.165) is 43.4 Å². The predicted molar refractivity (Wildman–Crippen MR) is 100 cm³/mol. The maximum atomic E-state index is 12.3. The van der Waals surface area contributed by atoms with E-state index in [1.54, 1.807) is 11.3 Å². The number of thiophene rings is 1. The molecule has 1 aromatic heterocycles. The van der Waals surface area contributed by atoms with Crippen molar-refractivity contribution in [1.29, 1.82) is 0 Å². The molecule has 1 amide bonds. The molecule has 0 unspecified atom stereocenters. The Morgan fingerprint density at radius 2 is 2.08 bits per heavy atom. The van der Waals surface area contributed by atoms with Crippen molar-refractivity contribution in [2.75, 3.05) is 26.2 Å². The van der Waals surface area contributed by atoms with Crippen LogP contribution in [0.4, 0.5) is 0 Å². The Kier molecular flexibility index (Phi) is 5.95. The molecule has 2 aliphatic heterocycles. The van der Waals surface area contributed by atoms with Gasteiger partial charge in [0.2, 0.25) is 0 Å². The fraction of sp³-hybridized carbons (Fsp3) is 0.737. The highest BCUT2D eigenvalue weighted by Gasteiger charge is 2.25. The summed E-state index contributed by atoms with van der Waals surface area (Å²) in [5.74, 6) is 0.992. The number of amides is 1. The van der Waals surface area contributed by atoms with Gasteiger partial charge in [0.1, 0.15) is 0 Å². The lowest BCUT2D eigenvalue weighted by molar-refractivity contribution is 0.0954. The van der Waals surface area contributed by atoms with Gasteiger partial charge in [0.15, 0.2) is 0 Å². The van der Waals surface area contributed by atoms with Crippen molar-refractivity contribution >= 4 is 17.2 Å². The molecule has 0 bridgehead atoms. The predicted octanol–water partition coefficient (Wildman–Crippen LogP) is 3.32. The summed E-state index contributed by atoms with van der Waals surface area (Å²) >= 11 is 1.67. The van der Waals surface area contributed by atoms with Gasteiger partial charge >= 0.3 is 0 Å². The molecule has 0 radical (unpaired) electrons. The SMILES string of the molecule is CC1CCN(CCCNC(=O)c2cc3c(s2)CN(C(C)C)C3)CC1.